The van der Waals surface area contributed by atoms with Gasteiger partial charge in [-0.1, -0.05) is 87.4 Å². The van der Waals surface area contributed by atoms with Gasteiger partial charge >= 0.3 is 0 Å². The van der Waals surface area contributed by atoms with Crippen molar-refractivity contribution in [2.45, 2.75) is 32.6 Å². The molecule has 130 valence electrons. The number of benzene rings is 2. The first-order valence-corrected chi connectivity index (χ1v) is 9.36. The summed E-state index contributed by atoms with van der Waals surface area (Å²) in [6.07, 6.45) is 4.45. The Morgan fingerprint density at radius 2 is 1.48 bits per heavy atom. The quantitative estimate of drug-likeness (QED) is 0.469. The van der Waals surface area contributed by atoms with E-state index in [0.29, 0.717) is 16.9 Å². The lowest BCUT2D eigenvalue weighted by molar-refractivity contribution is -0.114. The summed E-state index contributed by atoms with van der Waals surface area (Å²) < 4.78 is 5.05. The smallest absolute Gasteiger partial charge is 0.219 e. The SMILES string of the molecule is CC(C)(C)C(CC#CO[SiH3])C(C=O)(c1ccccc1)c1ccccc1. The van der Waals surface area contributed by atoms with Crippen LogP contribution in [0.5, 0.6) is 0 Å². The van der Waals surface area contributed by atoms with Crippen molar-refractivity contribution in [2.24, 2.45) is 11.3 Å². The minimum atomic E-state index is -0.749. The Kier molecular flexibility index (Phi) is 6.22. The minimum Gasteiger partial charge on any atom is -0.512 e. The second kappa shape index (κ2) is 8.18. The van der Waals surface area contributed by atoms with Crippen LogP contribution in [0.1, 0.15) is 38.3 Å². The number of hydrogen-bond acceptors (Lipinski definition) is 2. The second-order valence-electron chi connectivity index (χ2n) is 7.32. The zero-order chi connectivity index (χ0) is 18.3. The van der Waals surface area contributed by atoms with Crippen molar-refractivity contribution < 1.29 is 9.22 Å². The van der Waals surface area contributed by atoms with Gasteiger partial charge in [0.1, 0.15) is 6.29 Å². The molecule has 2 nitrogen and oxygen atoms in total. The number of carbonyl (C=O) groups excluding carboxylic acids is 1. The molecule has 0 fully saturated rings. The molecule has 0 amide bonds. The van der Waals surface area contributed by atoms with Crippen molar-refractivity contribution in [3.05, 3.63) is 71.8 Å². The van der Waals surface area contributed by atoms with Gasteiger partial charge in [0, 0.05) is 6.42 Å². The minimum absolute atomic E-state index is 0.00613. The highest BCUT2D eigenvalue weighted by Crippen LogP contribution is 2.47. The molecular formula is C22H26O2Si. The lowest BCUT2D eigenvalue weighted by Crippen LogP contribution is -2.44. The van der Waals surface area contributed by atoms with Gasteiger partial charge in [0.25, 0.3) is 0 Å². The Balaban J connectivity index is 2.73. The van der Waals surface area contributed by atoms with Crippen LogP contribution in [0.25, 0.3) is 0 Å². The van der Waals surface area contributed by atoms with Crippen molar-refractivity contribution in [1.29, 1.82) is 0 Å². The monoisotopic (exact) mass is 350 g/mol. The van der Waals surface area contributed by atoms with Crippen LogP contribution >= 0.6 is 0 Å². The van der Waals surface area contributed by atoms with E-state index in [4.69, 9.17) is 4.43 Å². The number of hydrogen-bond donors (Lipinski definition) is 0. The van der Waals surface area contributed by atoms with Crippen LogP contribution in [0.15, 0.2) is 60.7 Å². The molecule has 0 radical (unpaired) electrons. The fourth-order valence-electron chi connectivity index (χ4n) is 3.58. The maximum Gasteiger partial charge on any atom is 0.219 e. The van der Waals surface area contributed by atoms with Crippen LogP contribution in [0.2, 0.25) is 0 Å². The first kappa shape index (κ1) is 19.0. The summed E-state index contributed by atoms with van der Waals surface area (Å²) in [5.74, 6) is 3.13. The molecule has 0 aliphatic heterocycles. The van der Waals surface area contributed by atoms with Crippen LogP contribution in [-0.4, -0.2) is 16.8 Å². The zero-order valence-electron chi connectivity index (χ0n) is 15.5. The third-order valence-electron chi connectivity index (χ3n) is 4.76. The van der Waals surface area contributed by atoms with Gasteiger partial charge in [0.15, 0.2) is 0 Å². The van der Waals surface area contributed by atoms with Gasteiger partial charge in [0.05, 0.1) is 11.5 Å². The molecule has 2 aromatic rings. The topological polar surface area (TPSA) is 26.3 Å². The van der Waals surface area contributed by atoms with Gasteiger partial charge in [-0.2, -0.15) is 0 Å². The van der Waals surface area contributed by atoms with Crippen molar-refractivity contribution in [2.75, 3.05) is 0 Å². The molecule has 0 aliphatic rings. The fraction of sp³-hybridized carbons (Fsp3) is 0.318. The van der Waals surface area contributed by atoms with Gasteiger partial charge in [-0.3, -0.25) is 0 Å². The van der Waals surface area contributed by atoms with Gasteiger partial charge in [-0.05, 0) is 22.5 Å². The highest BCUT2D eigenvalue weighted by atomic mass is 28.2. The standard InChI is InChI=1S/C22H26O2Si/c1-21(2,3)20(15-10-16-24-25)22(17-23,18-11-6-4-7-12-18)19-13-8-5-9-14-19/h4-9,11-14,17,20H,15H2,1-3,25H3. The molecule has 0 heterocycles. The summed E-state index contributed by atoms with van der Waals surface area (Å²) in [7, 11) is 0.587. The molecule has 0 bridgehead atoms. The first-order chi connectivity index (χ1) is 12.0. The number of aldehydes is 1. The molecule has 2 rings (SSSR count). The first-order valence-electron chi connectivity index (χ1n) is 8.55. The van der Waals surface area contributed by atoms with Crippen LogP contribution < -0.4 is 0 Å². The van der Waals surface area contributed by atoms with Crippen LogP contribution in [0.3, 0.4) is 0 Å². The predicted molar refractivity (Wildman–Crippen MR) is 106 cm³/mol. The Morgan fingerprint density at radius 3 is 1.84 bits per heavy atom. The Bertz CT molecular complexity index is 697. The lowest BCUT2D eigenvalue weighted by Gasteiger charge is -2.44. The summed E-state index contributed by atoms with van der Waals surface area (Å²) in [6, 6.07) is 20.1. The number of carbonyl (C=O) groups is 1. The largest absolute Gasteiger partial charge is 0.512 e. The molecule has 1 atom stereocenters. The lowest BCUT2D eigenvalue weighted by atomic mass is 9.58. The van der Waals surface area contributed by atoms with Gasteiger partial charge in [-0.25, -0.2) is 0 Å². The van der Waals surface area contributed by atoms with E-state index in [9.17, 15) is 4.79 Å². The molecule has 25 heavy (non-hydrogen) atoms. The highest BCUT2D eigenvalue weighted by Gasteiger charge is 2.46. The predicted octanol–water partition coefficient (Wildman–Crippen LogP) is 3.48. The van der Waals surface area contributed by atoms with Crippen molar-refractivity contribution in [3.63, 3.8) is 0 Å². The Labute approximate surface area is 154 Å². The highest BCUT2D eigenvalue weighted by molar-refractivity contribution is 5.98. The normalized spacial score (nSPS) is 12.8. The van der Waals surface area contributed by atoms with Crippen molar-refractivity contribution in [1.82, 2.24) is 0 Å². The summed E-state index contributed by atoms with van der Waals surface area (Å²) in [5.41, 5.74) is 1.14. The van der Waals surface area contributed by atoms with E-state index >= 15 is 0 Å². The zero-order valence-corrected chi connectivity index (χ0v) is 17.5. The molecule has 2 aromatic carbocycles. The van der Waals surface area contributed by atoms with E-state index in [-0.39, 0.29) is 11.3 Å². The molecule has 0 N–H and O–H groups in total. The van der Waals surface area contributed by atoms with E-state index in [1.54, 1.807) is 0 Å². The molecule has 0 saturated carbocycles. The molecule has 3 heteroatoms. The maximum absolute atomic E-state index is 12.7. The van der Waals surface area contributed by atoms with E-state index in [2.05, 4.69) is 32.8 Å². The average molecular weight is 351 g/mol. The molecular weight excluding hydrogens is 324 g/mol. The van der Waals surface area contributed by atoms with E-state index in [0.717, 1.165) is 17.4 Å². The summed E-state index contributed by atoms with van der Waals surface area (Å²) in [5, 5.41) is 0. The van der Waals surface area contributed by atoms with E-state index in [1.165, 1.54) is 0 Å². The summed E-state index contributed by atoms with van der Waals surface area (Å²) >= 11 is 0. The third-order valence-corrected chi connectivity index (χ3v) is 4.97. The van der Waals surface area contributed by atoms with Crippen molar-refractivity contribution >= 4 is 16.8 Å². The third kappa shape index (κ3) is 4.03. The molecule has 0 aromatic heterocycles. The van der Waals surface area contributed by atoms with Crippen LogP contribution in [0.4, 0.5) is 0 Å². The van der Waals surface area contributed by atoms with Crippen LogP contribution in [-0.2, 0) is 14.6 Å². The van der Waals surface area contributed by atoms with Crippen LogP contribution in [0, 0.1) is 23.4 Å². The Morgan fingerprint density at radius 1 is 1.00 bits per heavy atom. The molecule has 0 aliphatic carbocycles. The number of rotatable bonds is 5. The van der Waals surface area contributed by atoms with Gasteiger partial charge < -0.3 is 9.22 Å². The second-order valence-corrected chi connectivity index (χ2v) is 7.73. The summed E-state index contributed by atoms with van der Waals surface area (Å²) in [4.78, 5) is 12.7. The van der Waals surface area contributed by atoms with E-state index in [1.807, 2.05) is 60.7 Å². The molecule has 0 spiro atoms. The van der Waals surface area contributed by atoms with Crippen molar-refractivity contribution in [3.8, 4) is 12.0 Å². The molecule has 1 unspecified atom stereocenters. The Hall–Kier alpha value is -2.31. The van der Waals surface area contributed by atoms with Gasteiger partial charge in [-0.15, -0.1) is 0 Å². The van der Waals surface area contributed by atoms with Gasteiger partial charge in [0.2, 0.25) is 10.5 Å². The van der Waals surface area contributed by atoms with E-state index < -0.39 is 5.41 Å². The maximum atomic E-state index is 12.7. The fourth-order valence-corrected chi connectivity index (χ4v) is 3.73. The average Bonchev–Trinajstić information content (AvgIpc) is 2.62. The summed E-state index contributed by atoms with van der Waals surface area (Å²) in [6.45, 7) is 6.51. The molecule has 0 saturated heterocycles.